The molecule has 0 spiro atoms. The molecule has 0 saturated carbocycles. The van der Waals surface area contributed by atoms with Gasteiger partial charge in [-0.1, -0.05) is 57.2 Å². The molecule has 0 aromatic heterocycles. The third kappa shape index (κ3) is 4.90. The number of carboxylic acid groups (broad SMARTS) is 1. The van der Waals surface area contributed by atoms with Gasteiger partial charge in [-0.2, -0.15) is 0 Å². The lowest BCUT2D eigenvalue weighted by molar-refractivity contribution is 0.0697. The van der Waals surface area contributed by atoms with Crippen molar-refractivity contribution in [3.05, 3.63) is 70.3 Å². The van der Waals surface area contributed by atoms with Gasteiger partial charge in [0.2, 0.25) is 0 Å². The van der Waals surface area contributed by atoms with Crippen molar-refractivity contribution in [2.45, 2.75) is 62.4 Å². The van der Waals surface area contributed by atoms with Gasteiger partial charge >= 0.3 is 5.97 Å². The number of thioether (sulfide) groups is 2. The molecular weight excluding hydrogens is 420 g/mol. The van der Waals surface area contributed by atoms with Crippen LogP contribution >= 0.6 is 23.5 Å². The van der Waals surface area contributed by atoms with Gasteiger partial charge in [0, 0.05) is 5.92 Å². The van der Waals surface area contributed by atoms with Crippen LogP contribution in [0, 0.1) is 0 Å². The average Bonchev–Trinajstić information content (AvgIpc) is 2.78. The van der Waals surface area contributed by atoms with E-state index in [9.17, 15) is 9.90 Å². The van der Waals surface area contributed by atoms with Crippen molar-refractivity contribution in [1.82, 2.24) is 0 Å². The molecule has 164 valence electrons. The van der Waals surface area contributed by atoms with Crippen molar-refractivity contribution in [3.8, 4) is 0 Å². The largest absolute Gasteiger partial charge is 0.478 e. The second kappa shape index (κ2) is 9.46. The number of rotatable bonds is 5. The molecule has 1 unspecified atom stereocenters. The molecule has 0 bridgehead atoms. The van der Waals surface area contributed by atoms with Crippen molar-refractivity contribution in [2.75, 3.05) is 11.5 Å². The molecule has 1 fully saturated rings. The van der Waals surface area contributed by atoms with Gasteiger partial charge in [-0.3, -0.25) is 0 Å². The van der Waals surface area contributed by atoms with E-state index in [0.717, 1.165) is 12.0 Å². The maximum absolute atomic E-state index is 11.2. The van der Waals surface area contributed by atoms with Gasteiger partial charge in [0.25, 0.3) is 0 Å². The fraction of sp³-hybridized carbons (Fsp3) is 0.444. The first-order valence-electron chi connectivity index (χ1n) is 11.3. The summed E-state index contributed by atoms with van der Waals surface area (Å²) in [6, 6.07) is 14.3. The zero-order valence-corrected chi connectivity index (χ0v) is 20.3. The lowest BCUT2D eigenvalue weighted by Crippen LogP contribution is -2.30. The van der Waals surface area contributed by atoms with Gasteiger partial charge in [0.05, 0.1) is 10.1 Å². The highest BCUT2D eigenvalue weighted by Gasteiger charge is 2.37. The highest BCUT2D eigenvalue weighted by Crippen LogP contribution is 2.50. The van der Waals surface area contributed by atoms with Crippen molar-refractivity contribution < 1.29 is 9.90 Å². The Balaban J connectivity index is 1.69. The minimum Gasteiger partial charge on any atom is -0.478 e. The fourth-order valence-corrected chi connectivity index (χ4v) is 8.10. The summed E-state index contributed by atoms with van der Waals surface area (Å²) in [7, 11) is 0. The van der Waals surface area contributed by atoms with Gasteiger partial charge in [0.15, 0.2) is 0 Å². The Bertz CT molecular complexity index is 969. The maximum Gasteiger partial charge on any atom is 0.335 e. The molecule has 1 heterocycles. The molecule has 1 aliphatic carbocycles. The van der Waals surface area contributed by atoms with Gasteiger partial charge in [-0.15, -0.1) is 23.5 Å². The van der Waals surface area contributed by atoms with Crippen molar-refractivity contribution in [1.29, 1.82) is 0 Å². The molecular formula is C27H32O2S2. The van der Waals surface area contributed by atoms with Crippen molar-refractivity contribution in [2.24, 2.45) is 0 Å². The predicted octanol–water partition coefficient (Wildman–Crippen LogP) is 7.69. The quantitative estimate of drug-likeness (QED) is 0.472. The standard InChI is InChI=1S/C27H32O2S2/c1-4-19(20-7-9-21(10-8-20)25(28)29)16-18-6-11-24-23(17-18)22(12-13-27(24,2)3)26-30-14-5-15-31-26/h6-11,16-17,22,26H,4-5,12-15H2,1-3H3,(H,28,29). The second-order valence-corrected chi connectivity index (χ2v) is 12.0. The molecule has 4 rings (SSSR count). The van der Waals surface area contributed by atoms with Crippen LogP contribution in [0.5, 0.6) is 0 Å². The Hall–Kier alpha value is -1.65. The van der Waals surface area contributed by atoms with Crippen LogP contribution in [-0.2, 0) is 5.41 Å². The van der Waals surface area contributed by atoms with E-state index in [1.54, 1.807) is 17.7 Å². The van der Waals surface area contributed by atoms with Crippen LogP contribution in [0.1, 0.15) is 85.0 Å². The van der Waals surface area contributed by atoms with E-state index in [4.69, 9.17) is 0 Å². The smallest absolute Gasteiger partial charge is 0.335 e. The van der Waals surface area contributed by atoms with Gasteiger partial charge in [-0.25, -0.2) is 4.79 Å². The third-order valence-electron chi connectivity index (χ3n) is 6.69. The lowest BCUT2D eigenvalue weighted by atomic mass is 9.69. The summed E-state index contributed by atoms with van der Waals surface area (Å²) in [5, 5.41) is 9.18. The molecule has 1 atom stereocenters. The van der Waals surface area contributed by atoms with Crippen LogP contribution in [0.15, 0.2) is 42.5 Å². The van der Waals surface area contributed by atoms with Crippen molar-refractivity contribution in [3.63, 3.8) is 0 Å². The number of hydrogen-bond donors (Lipinski definition) is 1. The first-order chi connectivity index (χ1) is 14.9. The monoisotopic (exact) mass is 452 g/mol. The molecule has 1 saturated heterocycles. The third-order valence-corrected chi connectivity index (χ3v) is 9.87. The Kier molecular flexibility index (Phi) is 6.88. The molecule has 2 nitrogen and oxygen atoms in total. The number of aromatic carboxylic acids is 1. The Labute approximate surface area is 194 Å². The van der Waals surface area contributed by atoms with E-state index >= 15 is 0 Å². The number of carboxylic acids is 1. The van der Waals surface area contributed by atoms with E-state index in [2.05, 4.69) is 68.6 Å². The van der Waals surface area contributed by atoms with Crippen LogP contribution in [0.4, 0.5) is 0 Å². The van der Waals surface area contributed by atoms with E-state index in [-0.39, 0.29) is 5.41 Å². The highest BCUT2D eigenvalue weighted by atomic mass is 32.2. The van der Waals surface area contributed by atoms with Gasteiger partial charge in [-0.05, 0) is 82.6 Å². The van der Waals surface area contributed by atoms with Crippen LogP contribution in [0.2, 0.25) is 0 Å². The summed E-state index contributed by atoms with van der Waals surface area (Å²) >= 11 is 4.32. The topological polar surface area (TPSA) is 37.3 Å². The Morgan fingerprint density at radius 2 is 1.77 bits per heavy atom. The number of fused-ring (bicyclic) bond motifs is 1. The molecule has 1 N–H and O–H groups in total. The number of carbonyl (C=O) groups is 1. The van der Waals surface area contributed by atoms with E-state index in [0.29, 0.717) is 16.1 Å². The number of benzene rings is 2. The van der Waals surface area contributed by atoms with Crippen LogP contribution in [0.25, 0.3) is 11.6 Å². The van der Waals surface area contributed by atoms with E-state index < -0.39 is 5.97 Å². The number of allylic oxidation sites excluding steroid dienone is 1. The number of hydrogen-bond acceptors (Lipinski definition) is 3. The van der Waals surface area contributed by atoms with Crippen LogP contribution in [0.3, 0.4) is 0 Å². The van der Waals surface area contributed by atoms with E-state index in [1.807, 2.05) is 12.1 Å². The van der Waals surface area contributed by atoms with Gasteiger partial charge < -0.3 is 5.11 Å². The fourth-order valence-electron chi connectivity index (χ4n) is 4.84. The summed E-state index contributed by atoms with van der Waals surface area (Å²) in [6.45, 7) is 6.94. The minimum atomic E-state index is -0.879. The average molecular weight is 453 g/mol. The molecule has 2 aliphatic rings. The van der Waals surface area contributed by atoms with Crippen LogP contribution < -0.4 is 0 Å². The molecule has 2 aromatic carbocycles. The molecule has 1 aliphatic heterocycles. The lowest BCUT2D eigenvalue weighted by Gasteiger charge is -2.41. The zero-order chi connectivity index (χ0) is 22.0. The molecule has 0 radical (unpaired) electrons. The highest BCUT2D eigenvalue weighted by molar-refractivity contribution is 8.17. The zero-order valence-electron chi connectivity index (χ0n) is 18.7. The molecule has 0 amide bonds. The first-order valence-corrected chi connectivity index (χ1v) is 13.4. The van der Waals surface area contributed by atoms with E-state index in [1.165, 1.54) is 47.5 Å². The predicted molar refractivity (Wildman–Crippen MR) is 136 cm³/mol. The molecule has 31 heavy (non-hydrogen) atoms. The normalized spacial score (nSPS) is 21.5. The SMILES string of the molecule is CCC(=Cc1ccc2c(c1)C(C1SCCCS1)CCC2(C)C)c1ccc(C(=O)O)cc1. The Morgan fingerprint density at radius 3 is 2.42 bits per heavy atom. The summed E-state index contributed by atoms with van der Waals surface area (Å²) in [4.78, 5) is 11.2. The molecule has 4 heteroatoms. The molecule has 2 aromatic rings. The second-order valence-electron chi connectivity index (χ2n) is 9.24. The maximum atomic E-state index is 11.2. The van der Waals surface area contributed by atoms with Gasteiger partial charge in [0.1, 0.15) is 0 Å². The summed E-state index contributed by atoms with van der Waals surface area (Å²) in [5.74, 6) is 2.33. The van der Waals surface area contributed by atoms with Crippen molar-refractivity contribution >= 4 is 41.1 Å². The summed E-state index contributed by atoms with van der Waals surface area (Å²) < 4.78 is 0.678. The first kappa shape index (κ1) is 22.5. The minimum absolute atomic E-state index is 0.234. The van der Waals surface area contributed by atoms with Crippen LogP contribution in [-0.4, -0.2) is 27.2 Å². The Morgan fingerprint density at radius 1 is 1.10 bits per heavy atom. The summed E-state index contributed by atoms with van der Waals surface area (Å²) in [6.07, 6.45) is 7.06. The summed E-state index contributed by atoms with van der Waals surface area (Å²) in [5.41, 5.74) is 7.24.